The molecule has 0 spiro atoms. The zero-order valence-corrected chi connectivity index (χ0v) is 14.8. The van der Waals surface area contributed by atoms with Gasteiger partial charge in [0, 0.05) is 26.1 Å². The van der Waals surface area contributed by atoms with Crippen LogP contribution in [-0.2, 0) is 20.9 Å². The molecule has 0 saturated carbocycles. The average molecular weight is 349 g/mol. The van der Waals surface area contributed by atoms with Crippen LogP contribution in [0.25, 0.3) is 0 Å². The first-order chi connectivity index (χ1) is 12.1. The van der Waals surface area contributed by atoms with Gasteiger partial charge >= 0.3 is 0 Å². The zero-order chi connectivity index (χ0) is 17.6. The molecule has 1 aromatic heterocycles. The fraction of sp³-hybridized carbons (Fsp3) is 0.667. The largest absolute Gasteiger partial charge is 0.464 e. The molecule has 138 valence electrons. The van der Waals surface area contributed by atoms with Crippen LogP contribution in [0.2, 0.25) is 0 Å². The van der Waals surface area contributed by atoms with E-state index in [0.717, 1.165) is 50.8 Å². The van der Waals surface area contributed by atoms with Gasteiger partial charge in [0.25, 0.3) is 0 Å². The normalized spacial score (nSPS) is 21.7. The lowest BCUT2D eigenvalue weighted by molar-refractivity contribution is -0.136. The number of morpholine rings is 1. The Hall–Kier alpha value is -1.86. The summed E-state index contributed by atoms with van der Waals surface area (Å²) >= 11 is 0. The van der Waals surface area contributed by atoms with Crippen molar-refractivity contribution in [2.75, 3.05) is 39.4 Å². The van der Waals surface area contributed by atoms with Gasteiger partial charge < -0.3 is 19.4 Å². The third kappa shape index (κ3) is 4.83. The van der Waals surface area contributed by atoms with E-state index < -0.39 is 0 Å². The number of carbonyl (C=O) groups is 2. The van der Waals surface area contributed by atoms with E-state index in [-0.39, 0.29) is 17.9 Å². The number of nitrogens with zero attached hydrogens (tertiary/aromatic N) is 2. The lowest BCUT2D eigenvalue weighted by Crippen LogP contribution is -2.45. The van der Waals surface area contributed by atoms with E-state index >= 15 is 0 Å². The van der Waals surface area contributed by atoms with Crippen molar-refractivity contribution in [1.82, 2.24) is 15.1 Å². The number of rotatable bonds is 7. The van der Waals surface area contributed by atoms with Crippen LogP contribution < -0.4 is 5.32 Å². The van der Waals surface area contributed by atoms with Crippen LogP contribution in [0.15, 0.2) is 16.5 Å². The minimum Gasteiger partial charge on any atom is -0.464 e. The summed E-state index contributed by atoms with van der Waals surface area (Å²) in [6, 6.07) is 3.34. The molecule has 1 N–H and O–H groups in total. The SMILES string of the molecule is Cc1ccc(CN2C(=O)CCC2C(=O)NCCCN2CCOCC2)o1. The molecule has 2 aliphatic rings. The number of amides is 2. The highest BCUT2D eigenvalue weighted by Crippen LogP contribution is 2.22. The molecule has 0 aromatic carbocycles. The Morgan fingerprint density at radius 3 is 2.84 bits per heavy atom. The van der Waals surface area contributed by atoms with Crippen LogP contribution in [0.3, 0.4) is 0 Å². The van der Waals surface area contributed by atoms with Gasteiger partial charge in [0.05, 0.1) is 19.8 Å². The molecule has 2 aliphatic heterocycles. The number of aryl methyl sites for hydroxylation is 1. The van der Waals surface area contributed by atoms with Crippen molar-refractivity contribution in [3.63, 3.8) is 0 Å². The van der Waals surface area contributed by atoms with E-state index in [1.807, 2.05) is 19.1 Å². The molecule has 0 aliphatic carbocycles. The molecule has 1 atom stereocenters. The Morgan fingerprint density at radius 1 is 1.32 bits per heavy atom. The van der Waals surface area contributed by atoms with Gasteiger partial charge in [-0.2, -0.15) is 0 Å². The van der Waals surface area contributed by atoms with E-state index in [4.69, 9.17) is 9.15 Å². The number of carbonyl (C=O) groups excluding carboxylic acids is 2. The molecule has 2 saturated heterocycles. The number of hydrogen-bond donors (Lipinski definition) is 1. The lowest BCUT2D eigenvalue weighted by Gasteiger charge is -2.27. The Kier molecular flexibility index (Phi) is 6.09. The summed E-state index contributed by atoms with van der Waals surface area (Å²) in [6.45, 7) is 7.32. The molecule has 3 heterocycles. The summed E-state index contributed by atoms with van der Waals surface area (Å²) < 4.78 is 10.9. The summed E-state index contributed by atoms with van der Waals surface area (Å²) in [4.78, 5) is 28.6. The van der Waals surface area contributed by atoms with Gasteiger partial charge in [0.1, 0.15) is 17.6 Å². The molecule has 7 nitrogen and oxygen atoms in total. The second-order valence-electron chi connectivity index (χ2n) is 6.69. The molecule has 3 rings (SSSR count). The third-order valence-corrected chi connectivity index (χ3v) is 4.81. The molecule has 25 heavy (non-hydrogen) atoms. The topological polar surface area (TPSA) is 75.0 Å². The maximum atomic E-state index is 12.5. The van der Waals surface area contributed by atoms with Gasteiger partial charge in [-0.1, -0.05) is 0 Å². The van der Waals surface area contributed by atoms with Crippen molar-refractivity contribution in [1.29, 1.82) is 0 Å². The smallest absolute Gasteiger partial charge is 0.242 e. The Labute approximate surface area is 148 Å². The Balaban J connectivity index is 1.44. The second kappa shape index (κ2) is 8.49. The average Bonchev–Trinajstić information content (AvgIpc) is 3.19. The summed E-state index contributed by atoms with van der Waals surface area (Å²) in [5.41, 5.74) is 0. The number of furan rings is 1. The minimum absolute atomic E-state index is 0.0162. The van der Waals surface area contributed by atoms with Gasteiger partial charge in [-0.3, -0.25) is 14.5 Å². The van der Waals surface area contributed by atoms with Gasteiger partial charge in [-0.15, -0.1) is 0 Å². The van der Waals surface area contributed by atoms with Gasteiger partial charge in [-0.25, -0.2) is 0 Å². The molecular formula is C18H27N3O4. The maximum absolute atomic E-state index is 12.5. The first kappa shape index (κ1) is 17.9. The Morgan fingerprint density at radius 2 is 2.12 bits per heavy atom. The predicted octanol–water partition coefficient (Wildman–Crippen LogP) is 0.918. The molecule has 0 radical (unpaired) electrons. The summed E-state index contributed by atoms with van der Waals surface area (Å²) in [5, 5.41) is 2.98. The highest BCUT2D eigenvalue weighted by Gasteiger charge is 2.36. The van der Waals surface area contributed by atoms with Crippen LogP contribution in [0, 0.1) is 6.92 Å². The third-order valence-electron chi connectivity index (χ3n) is 4.81. The number of likely N-dealkylation sites (tertiary alicyclic amines) is 1. The molecular weight excluding hydrogens is 322 g/mol. The van der Waals surface area contributed by atoms with E-state index in [2.05, 4.69) is 10.2 Å². The van der Waals surface area contributed by atoms with Gasteiger partial charge in [0.2, 0.25) is 11.8 Å². The van der Waals surface area contributed by atoms with E-state index in [1.54, 1.807) is 4.90 Å². The molecule has 1 aromatic rings. The highest BCUT2D eigenvalue weighted by molar-refractivity contribution is 5.90. The van der Waals surface area contributed by atoms with Crippen LogP contribution in [0.5, 0.6) is 0 Å². The van der Waals surface area contributed by atoms with Crippen LogP contribution in [-0.4, -0.2) is 67.0 Å². The van der Waals surface area contributed by atoms with Crippen molar-refractivity contribution in [2.24, 2.45) is 0 Å². The quantitative estimate of drug-likeness (QED) is 0.741. The van der Waals surface area contributed by atoms with Crippen molar-refractivity contribution < 1.29 is 18.7 Å². The number of ether oxygens (including phenoxy) is 1. The highest BCUT2D eigenvalue weighted by atomic mass is 16.5. The fourth-order valence-corrected chi connectivity index (χ4v) is 3.40. The molecule has 0 bridgehead atoms. The molecule has 2 amide bonds. The van der Waals surface area contributed by atoms with Crippen molar-refractivity contribution in [3.8, 4) is 0 Å². The number of nitrogens with one attached hydrogen (secondary N) is 1. The molecule has 1 unspecified atom stereocenters. The fourth-order valence-electron chi connectivity index (χ4n) is 3.40. The second-order valence-corrected chi connectivity index (χ2v) is 6.69. The van der Waals surface area contributed by atoms with E-state index in [0.29, 0.717) is 25.9 Å². The van der Waals surface area contributed by atoms with Crippen molar-refractivity contribution >= 4 is 11.8 Å². The first-order valence-electron chi connectivity index (χ1n) is 9.06. The zero-order valence-electron chi connectivity index (χ0n) is 14.8. The standard InChI is InChI=1S/C18H27N3O4/c1-14-3-4-15(25-14)13-21-16(5-6-17(21)22)18(23)19-7-2-8-20-9-11-24-12-10-20/h3-4,16H,2,5-13H2,1H3,(H,19,23). The van der Waals surface area contributed by atoms with Crippen LogP contribution >= 0.6 is 0 Å². The predicted molar refractivity (Wildman–Crippen MR) is 91.9 cm³/mol. The van der Waals surface area contributed by atoms with Crippen LogP contribution in [0.1, 0.15) is 30.8 Å². The monoisotopic (exact) mass is 349 g/mol. The molecule has 2 fully saturated rings. The van der Waals surface area contributed by atoms with Gasteiger partial charge in [0.15, 0.2) is 0 Å². The lowest BCUT2D eigenvalue weighted by atomic mass is 10.2. The van der Waals surface area contributed by atoms with E-state index in [9.17, 15) is 9.59 Å². The number of hydrogen-bond acceptors (Lipinski definition) is 5. The Bertz CT molecular complexity index is 595. The molecule has 7 heteroatoms. The summed E-state index contributed by atoms with van der Waals surface area (Å²) in [6.07, 6.45) is 1.91. The maximum Gasteiger partial charge on any atom is 0.242 e. The van der Waals surface area contributed by atoms with E-state index in [1.165, 1.54) is 0 Å². The van der Waals surface area contributed by atoms with Gasteiger partial charge in [-0.05, 0) is 38.4 Å². The van der Waals surface area contributed by atoms with Crippen molar-refractivity contribution in [2.45, 2.75) is 38.8 Å². The summed E-state index contributed by atoms with van der Waals surface area (Å²) in [5.74, 6) is 1.49. The van der Waals surface area contributed by atoms with Crippen molar-refractivity contribution in [3.05, 3.63) is 23.7 Å². The van der Waals surface area contributed by atoms with Crippen LogP contribution in [0.4, 0.5) is 0 Å². The first-order valence-corrected chi connectivity index (χ1v) is 9.06. The summed E-state index contributed by atoms with van der Waals surface area (Å²) in [7, 11) is 0. The minimum atomic E-state index is -0.388.